The summed E-state index contributed by atoms with van der Waals surface area (Å²) in [6, 6.07) is 7.47. The lowest BCUT2D eigenvalue weighted by Crippen LogP contribution is -2.32. The predicted molar refractivity (Wildman–Crippen MR) is 106 cm³/mol. The van der Waals surface area contributed by atoms with E-state index in [-0.39, 0.29) is 18.4 Å². The molecule has 0 aliphatic carbocycles. The van der Waals surface area contributed by atoms with Crippen LogP contribution in [-0.2, 0) is 16.0 Å². The van der Waals surface area contributed by atoms with Crippen molar-refractivity contribution in [3.8, 4) is 0 Å². The van der Waals surface area contributed by atoms with Crippen LogP contribution < -0.4 is 0 Å². The van der Waals surface area contributed by atoms with Crippen molar-refractivity contribution < 1.29 is 19.8 Å². The highest BCUT2D eigenvalue weighted by Crippen LogP contribution is 2.21. The number of rotatable bonds is 11. The van der Waals surface area contributed by atoms with Crippen LogP contribution in [0.5, 0.6) is 0 Å². The Morgan fingerprint density at radius 2 is 2.07 bits per heavy atom. The number of aliphatic hydroxyl groups excluding tert-OH is 1. The molecular formula is C21H28ClNO4. The number of aliphatic hydroxyl groups is 1. The highest BCUT2D eigenvalue weighted by atomic mass is 35.5. The summed E-state index contributed by atoms with van der Waals surface area (Å²) in [7, 11) is 0. The predicted octanol–water partition coefficient (Wildman–Crippen LogP) is 3.83. The van der Waals surface area contributed by atoms with Gasteiger partial charge >= 0.3 is 5.97 Å². The largest absolute Gasteiger partial charge is 0.481 e. The van der Waals surface area contributed by atoms with Gasteiger partial charge in [0.1, 0.15) is 0 Å². The summed E-state index contributed by atoms with van der Waals surface area (Å²) in [5.74, 6) is -0.606. The van der Waals surface area contributed by atoms with Gasteiger partial charge in [-0.1, -0.05) is 48.7 Å². The second-order valence-corrected chi connectivity index (χ2v) is 7.47. The van der Waals surface area contributed by atoms with E-state index in [1.165, 1.54) is 0 Å². The summed E-state index contributed by atoms with van der Waals surface area (Å²) in [4.78, 5) is 24.5. The van der Waals surface area contributed by atoms with E-state index in [0.717, 1.165) is 31.2 Å². The second-order valence-electron chi connectivity index (χ2n) is 7.04. The third kappa shape index (κ3) is 7.73. The van der Waals surface area contributed by atoms with Gasteiger partial charge in [0.05, 0.1) is 12.1 Å². The Morgan fingerprint density at radius 1 is 1.30 bits per heavy atom. The Labute approximate surface area is 165 Å². The van der Waals surface area contributed by atoms with Crippen LogP contribution in [0.1, 0.15) is 50.5 Å². The number of nitrogens with zero attached hydrogens (tertiary/aromatic N) is 1. The number of hydrogen-bond donors (Lipinski definition) is 2. The molecule has 0 saturated carbocycles. The zero-order valence-corrected chi connectivity index (χ0v) is 16.3. The molecule has 2 N–H and O–H groups in total. The fraction of sp³-hybridized carbons (Fsp3) is 0.524. The van der Waals surface area contributed by atoms with Gasteiger partial charge in [-0.15, -0.1) is 0 Å². The molecule has 0 spiro atoms. The molecule has 1 aromatic carbocycles. The third-order valence-electron chi connectivity index (χ3n) is 4.80. The summed E-state index contributed by atoms with van der Waals surface area (Å²) >= 11 is 5.97. The van der Waals surface area contributed by atoms with Crippen LogP contribution in [0.2, 0.25) is 5.02 Å². The second kappa shape index (κ2) is 11.1. The minimum atomic E-state index is -0.758. The van der Waals surface area contributed by atoms with Crippen molar-refractivity contribution in [3.05, 3.63) is 47.0 Å². The van der Waals surface area contributed by atoms with Crippen LogP contribution in [0.15, 0.2) is 36.4 Å². The van der Waals surface area contributed by atoms with E-state index >= 15 is 0 Å². The van der Waals surface area contributed by atoms with E-state index in [9.17, 15) is 14.7 Å². The molecule has 2 rings (SSSR count). The molecule has 0 bridgehead atoms. The van der Waals surface area contributed by atoms with Gasteiger partial charge in [-0.25, -0.2) is 0 Å². The van der Waals surface area contributed by atoms with Gasteiger partial charge in [0.25, 0.3) is 0 Å². The van der Waals surface area contributed by atoms with Gasteiger partial charge < -0.3 is 15.1 Å². The van der Waals surface area contributed by atoms with E-state index in [1.807, 2.05) is 29.2 Å². The Morgan fingerprint density at radius 3 is 2.81 bits per heavy atom. The molecule has 1 fully saturated rings. The maximum atomic E-state index is 12.1. The number of benzene rings is 1. The minimum Gasteiger partial charge on any atom is -0.481 e. The number of carboxylic acids is 1. The average Bonchev–Trinajstić information content (AvgIpc) is 2.96. The quantitative estimate of drug-likeness (QED) is 0.442. The first-order valence-electron chi connectivity index (χ1n) is 9.58. The van der Waals surface area contributed by atoms with Gasteiger partial charge in [-0.05, 0) is 37.0 Å². The first-order valence-corrected chi connectivity index (χ1v) is 9.95. The molecule has 1 aromatic rings. The van der Waals surface area contributed by atoms with Crippen LogP contribution in [0, 0.1) is 0 Å². The molecule has 2 unspecified atom stereocenters. The maximum Gasteiger partial charge on any atom is 0.303 e. The first kappa shape index (κ1) is 21.5. The van der Waals surface area contributed by atoms with Crippen LogP contribution in [0.4, 0.5) is 0 Å². The first-order chi connectivity index (χ1) is 13.0. The van der Waals surface area contributed by atoms with Gasteiger partial charge in [0, 0.05) is 30.8 Å². The van der Waals surface area contributed by atoms with Gasteiger partial charge in [0.15, 0.2) is 0 Å². The molecule has 0 aromatic heterocycles. The summed E-state index contributed by atoms with van der Waals surface area (Å²) in [5.41, 5.74) is 0.973. The number of likely N-dealkylation sites (tertiary alicyclic amines) is 1. The Kier molecular flexibility index (Phi) is 8.82. The smallest absolute Gasteiger partial charge is 0.303 e. The summed E-state index contributed by atoms with van der Waals surface area (Å²) < 4.78 is 0. The van der Waals surface area contributed by atoms with Crippen molar-refractivity contribution in [2.75, 3.05) is 6.54 Å². The molecule has 27 heavy (non-hydrogen) atoms. The Bertz CT molecular complexity index is 661. The Hall–Kier alpha value is -1.85. The molecule has 1 amide bonds. The van der Waals surface area contributed by atoms with E-state index < -0.39 is 12.1 Å². The normalized spacial score (nSPS) is 18.4. The Balaban J connectivity index is 1.77. The fourth-order valence-electron chi connectivity index (χ4n) is 3.39. The average molecular weight is 394 g/mol. The number of amides is 1. The molecule has 1 aliphatic rings. The maximum absolute atomic E-state index is 12.1. The molecule has 1 aliphatic heterocycles. The minimum absolute atomic E-state index is 0.0329. The number of carbonyl (C=O) groups is 2. The molecule has 1 heterocycles. The zero-order valence-electron chi connectivity index (χ0n) is 15.5. The van der Waals surface area contributed by atoms with Crippen molar-refractivity contribution >= 4 is 23.5 Å². The lowest BCUT2D eigenvalue weighted by Gasteiger charge is -2.22. The number of carbonyl (C=O) groups excluding carboxylic acids is 1. The molecule has 6 heteroatoms. The van der Waals surface area contributed by atoms with E-state index in [0.29, 0.717) is 30.8 Å². The molecule has 1 saturated heterocycles. The standard InChI is InChI=1S/C21H28ClNO4/c22-17-7-5-6-16(14-17)15-19(24)11-9-18-10-12-20(25)23(18)13-4-2-1-3-8-21(26)27/h5-7,9,11,14,18-19,24H,1-4,8,10,12-13,15H2,(H,26,27)/b11-9+. The van der Waals surface area contributed by atoms with Crippen molar-refractivity contribution in [1.82, 2.24) is 4.90 Å². The van der Waals surface area contributed by atoms with Crippen LogP contribution >= 0.6 is 11.6 Å². The SMILES string of the molecule is O=C(O)CCCCCCN1C(=O)CCC1/C=C/C(O)Cc1cccc(Cl)c1. The lowest BCUT2D eigenvalue weighted by atomic mass is 10.1. The van der Waals surface area contributed by atoms with Gasteiger partial charge in [0.2, 0.25) is 5.91 Å². The number of aliphatic carboxylic acids is 1. The molecular weight excluding hydrogens is 366 g/mol. The summed E-state index contributed by atoms with van der Waals surface area (Å²) in [6.45, 7) is 0.686. The number of carboxylic acid groups (broad SMARTS) is 1. The van der Waals surface area contributed by atoms with Crippen molar-refractivity contribution in [1.29, 1.82) is 0 Å². The molecule has 0 radical (unpaired) electrons. The van der Waals surface area contributed by atoms with Crippen molar-refractivity contribution in [3.63, 3.8) is 0 Å². The summed E-state index contributed by atoms with van der Waals surface area (Å²) in [5, 5.41) is 19.5. The highest BCUT2D eigenvalue weighted by molar-refractivity contribution is 6.30. The van der Waals surface area contributed by atoms with E-state index in [1.54, 1.807) is 12.1 Å². The number of halogens is 1. The molecule has 148 valence electrons. The number of hydrogen-bond acceptors (Lipinski definition) is 3. The van der Waals surface area contributed by atoms with E-state index in [4.69, 9.17) is 16.7 Å². The van der Waals surface area contributed by atoms with Gasteiger partial charge in [-0.2, -0.15) is 0 Å². The topological polar surface area (TPSA) is 77.8 Å². The van der Waals surface area contributed by atoms with Crippen molar-refractivity contribution in [2.24, 2.45) is 0 Å². The zero-order chi connectivity index (χ0) is 19.6. The molecule has 2 atom stereocenters. The monoisotopic (exact) mass is 393 g/mol. The number of unbranched alkanes of at least 4 members (excludes halogenated alkanes) is 3. The van der Waals surface area contributed by atoms with Crippen LogP contribution in [0.3, 0.4) is 0 Å². The third-order valence-corrected chi connectivity index (χ3v) is 5.04. The van der Waals surface area contributed by atoms with Crippen LogP contribution in [-0.4, -0.2) is 45.7 Å². The lowest BCUT2D eigenvalue weighted by molar-refractivity contribution is -0.137. The van der Waals surface area contributed by atoms with Crippen molar-refractivity contribution in [2.45, 2.75) is 63.5 Å². The van der Waals surface area contributed by atoms with Gasteiger partial charge in [-0.3, -0.25) is 9.59 Å². The van der Waals surface area contributed by atoms with E-state index in [2.05, 4.69) is 0 Å². The van der Waals surface area contributed by atoms with Crippen LogP contribution in [0.25, 0.3) is 0 Å². The fourth-order valence-corrected chi connectivity index (χ4v) is 3.60. The highest BCUT2D eigenvalue weighted by Gasteiger charge is 2.28. The summed E-state index contributed by atoms with van der Waals surface area (Å²) in [6.07, 6.45) is 8.45. The molecule has 5 nitrogen and oxygen atoms in total.